The van der Waals surface area contributed by atoms with E-state index >= 15 is 0 Å². The summed E-state index contributed by atoms with van der Waals surface area (Å²) < 4.78 is 0. The molecule has 1 unspecified atom stereocenters. The van der Waals surface area contributed by atoms with Gasteiger partial charge in [-0.15, -0.1) is 0 Å². The fraction of sp³-hybridized carbons (Fsp3) is 0.917. The topological polar surface area (TPSA) is 29.1 Å². The third-order valence-electron chi connectivity index (χ3n) is 3.42. The zero-order valence-corrected chi connectivity index (χ0v) is 9.51. The van der Waals surface area contributed by atoms with Crippen molar-refractivity contribution in [2.24, 2.45) is 11.8 Å². The van der Waals surface area contributed by atoms with Gasteiger partial charge in [-0.2, -0.15) is 0 Å². The molecule has 82 valence electrons. The lowest BCUT2D eigenvalue weighted by Gasteiger charge is -2.22. The van der Waals surface area contributed by atoms with Crippen LogP contribution in [0.4, 0.5) is 0 Å². The number of hydrogen-bond donors (Lipinski definition) is 1. The number of carbonyl (C=O) groups is 1. The summed E-state index contributed by atoms with van der Waals surface area (Å²) in [5, 5.41) is 3.35. The molecule has 0 aromatic heterocycles. The number of hydrogen-bond acceptors (Lipinski definition) is 2. The lowest BCUT2D eigenvalue weighted by Crippen LogP contribution is -2.28. The second-order valence-corrected chi connectivity index (χ2v) is 4.51. The van der Waals surface area contributed by atoms with Crippen molar-refractivity contribution in [1.29, 1.82) is 0 Å². The first-order valence-electron chi connectivity index (χ1n) is 5.97. The molecule has 1 fully saturated rings. The van der Waals surface area contributed by atoms with Crippen LogP contribution in [0.2, 0.25) is 0 Å². The van der Waals surface area contributed by atoms with E-state index in [-0.39, 0.29) is 5.92 Å². The molecule has 1 rings (SSSR count). The Kier molecular flexibility index (Phi) is 5.16. The van der Waals surface area contributed by atoms with Crippen LogP contribution in [-0.2, 0) is 4.79 Å². The summed E-state index contributed by atoms with van der Waals surface area (Å²) in [5.74, 6) is 1.53. The van der Waals surface area contributed by atoms with E-state index in [0.717, 1.165) is 38.3 Å². The van der Waals surface area contributed by atoms with Crippen molar-refractivity contribution in [3.8, 4) is 0 Å². The number of carbonyl (C=O) groups excluding carboxylic acids is 1. The molecule has 1 saturated heterocycles. The monoisotopic (exact) mass is 197 g/mol. The Bertz CT molecular complexity index is 173. The molecule has 0 aromatic carbocycles. The number of Topliss-reactive ketones (excluding diaryl/α,β-unsaturated/α-hetero) is 1. The molecular formula is C12H23NO. The highest BCUT2D eigenvalue weighted by Gasteiger charge is 2.16. The van der Waals surface area contributed by atoms with Crippen LogP contribution in [0.25, 0.3) is 0 Å². The van der Waals surface area contributed by atoms with Crippen molar-refractivity contribution in [1.82, 2.24) is 5.32 Å². The van der Waals surface area contributed by atoms with E-state index in [1.165, 1.54) is 12.8 Å². The largest absolute Gasteiger partial charge is 0.317 e. The molecule has 0 radical (unpaired) electrons. The molecule has 0 saturated carbocycles. The Morgan fingerprint density at radius 3 is 2.64 bits per heavy atom. The molecule has 0 amide bonds. The van der Waals surface area contributed by atoms with Gasteiger partial charge in [-0.25, -0.2) is 0 Å². The van der Waals surface area contributed by atoms with Crippen LogP contribution in [0.1, 0.15) is 46.0 Å². The first-order chi connectivity index (χ1) is 6.74. The van der Waals surface area contributed by atoms with Crippen LogP contribution in [0, 0.1) is 11.8 Å². The SMILES string of the molecule is CCC(C)C(=O)CCC1CCNCC1. The second kappa shape index (κ2) is 6.18. The van der Waals surface area contributed by atoms with Gasteiger partial charge in [-0.1, -0.05) is 13.8 Å². The van der Waals surface area contributed by atoms with Crippen LogP contribution in [0.3, 0.4) is 0 Å². The first kappa shape index (κ1) is 11.7. The summed E-state index contributed by atoms with van der Waals surface area (Å²) in [7, 11) is 0. The van der Waals surface area contributed by atoms with Gasteiger partial charge in [0.05, 0.1) is 0 Å². The Morgan fingerprint density at radius 2 is 2.07 bits per heavy atom. The van der Waals surface area contributed by atoms with Gasteiger partial charge in [0.2, 0.25) is 0 Å². The first-order valence-corrected chi connectivity index (χ1v) is 5.97. The Morgan fingerprint density at radius 1 is 1.43 bits per heavy atom. The zero-order valence-electron chi connectivity index (χ0n) is 9.51. The quantitative estimate of drug-likeness (QED) is 0.733. The van der Waals surface area contributed by atoms with Crippen molar-refractivity contribution in [3.63, 3.8) is 0 Å². The summed E-state index contributed by atoms with van der Waals surface area (Å²) in [6, 6.07) is 0. The fourth-order valence-corrected chi connectivity index (χ4v) is 1.99. The fourth-order valence-electron chi connectivity index (χ4n) is 1.99. The van der Waals surface area contributed by atoms with Gasteiger partial charge in [0, 0.05) is 12.3 Å². The summed E-state index contributed by atoms with van der Waals surface area (Å²) in [5.41, 5.74) is 0. The highest BCUT2D eigenvalue weighted by molar-refractivity contribution is 5.80. The second-order valence-electron chi connectivity index (χ2n) is 4.51. The Hall–Kier alpha value is -0.370. The zero-order chi connectivity index (χ0) is 10.4. The van der Waals surface area contributed by atoms with Gasteiger partial charge in [0.1, 0.15) is 5.78 Å². The smallest absolute Gasteiger partial charge is 0.135 e. The highest BCUT2D eigenvalue weighted by atomic mass is 16.1. The van der Waals surface area contributed by atoms with Gasteiger partial charge < -0.3 is 5.32 Å². The van der Waals surface area contributed by atoms with E-state index in [0.29, 0.717) is 5.78 Å². The third-order valence-corrected chi connectivity index (χ3v) is 3.42. The molecule has 1 heterocycles. The van der Waals surface area contributed by atoms with Crippen molar-refractivity contribution >= 4 is 5.78 Å². The average Bonchev–Trinajstić information content (AvgIpc) is 2.26. The van der Waals surface area contributed by atoms with E-state index in [4.69, 9.17) is 0 Å². The third kappa shape index (κ3) is 3.79. The molecule has 1 aliphatic rings. The van der Waals surface area contributed by atoms with E-state index in [2.05, 4.69) is 12.2 Å². The van der Waals surface area contributed by atoms with Crippen molar-refractivity contribution in [2.45, 2.75) is 46.0 Å². The molecule has 0 bridgehead atoms. The minimum absolute atomic E-state index is 0.275. The van der Waals surface area contributed by atoms with Crippen molar-refractivity contribution < 1.29 is 4.79 Å². The maximum Gasteiger partial charge on any atom is 0.135 e. The number of nitrogens with one attached hydrogen (secondary N) is 1. The van der Waals surface area contributed by atoms with Crippen LogP contribution in [0.15, 0.2) is 0 Å². The summed E-state index contributed by atoms with van der Waals surface area (Å²) in [6.07, 6.45) is 5.43. The van der Waals surface area contributed by atoms with Gasteiger partial charge in [0.25, 0.3) is 0 Å². The highest BCUT2D eigenvalue weighted by Crippen LogP contribution is 2.19. The maximum atomic E-state index is 11.6. The molecule has 0 aromatic rings. The van der Waals surface area contributed by atoms with Crippen LogP contribution >= 0.6 is 0 Å². The van der Waals surface area contributed by atoms with E-state index < -0.39 is 0 Å². The minimum Gasteiger partial charge on any atom is -0.317 e. The standard InChI is InChI=1S/C12H23NO/c1-3-10(2)12(14)5-4-11-6-8-13-9-7-11/h10-11,13H,3-9H2,1-2H3. The Labute approximate surface area is 87.5 Å². The molecule has 0 aliphatic carbocycles. The van der Waals surface area contributed by atoms with Gasteiger partial charge in [-0.05, 0) is 44.7 Å². The lowest BCUT2D eigenvalue weighted by molar-refractivity contribution is -0.122. The molecular weight excluding hydrogens is 174 g/mol. The van der Waals surface area contributed by atoms with E-state index in [9.17, 15) is 4.79 Å². The number of piperidine rings is 1. The van der Waals surface area contributed by atoms with Gasteiger partial charge in [0.15, 0.2) is 0 Å². The minimum atomic E-state index is 0.275. The van der Waals surface area contributed by atoms with Crippen LogP contribution in [-0.4, -0.2) is 18.9 Å². The van der Waals surface area contributed by atoms with Crippen LogP contribution < -0.4 is 5.32 Å². The number of ketones is 1. The van der Waals surface area contributed by atoms with E-state index in [1.54, 1.807) is 0 Å². The summed E-state index contributed by atoms with van der Waals surface area (Å²) in [6.45, 7) is 6.42. The molecule has 2 nitrogen and oxygen atoms in total. The van der Waals surface area contributed by atoms with Gasteiger partial charge in [-0.3, -0.25) is 4.79 Å². The lowest BCUT2D eigenvalue weighted by atomic mass is 9.90. The average molecular weight is 197 g/mol. The van der Waals surface area contributed by atoms with Crippen LogP contribution in [0.5, 0.6) is 0 Å². The summed E-state index contributed by atoms with van der Waals surface area (Å²) >= 11 is 0. The summed E-state index contributed by atoms with van der Waals surface area (Å²) in [4.78, 5) is 11.6. The Balaban J connectivity index is 2.15. The predicted molar refractivity (Wildman–Crippen MR) is 59.3 cm³/mol. The molecule has 14 heavy (non-hydrogen) atoms. The number of rotatable bonds is 5. The maximum absolute atomic E-state index is 11.6. The van der Waals surface area contributed by atoms with Crippen molar-refractivity contribution in [2.75, 3.05) is 13.1 Å². The molecule has 2 heteroatoms. The molecule has 1 atom stereocenters. The molecule has 1 N–H and O–H groups in total. The van der Waals surface area contributed by atoms with E-state index in [1.807, 2.05) is 6.92 Å². The molecule has 1 aliphatic heterocycles. The van der Waals surface area contributed by atoms with Crippen molar-refractivity contribution in [3.05, 3.63) is 0 Å². The molecule has 0 spiro atoms. The van der Waals surface area contributed by atoms with Gasteiger partial charge >= 0.3 is 0 Å². The normalized spacial score (nSPS) is 20.7. The predicted octanol–water partition coefficient (Wildman–Crippen LogP) is 2.38.